The molecule has 0 bridgehead atoms. The van der Waals surface area contributed by atoms with Gasteiger partial charge < -0.3 is 10.1 Å². The molecule has 0 aromatic carbocycles. The molecule has 0 radical (unpaired) electrons. The molecule has 5 nitrogen and oxygen atoms in total. The second-order valence-electron chi connectivity index (χ2n) is 5.97. The van der Waals surface area contributed by atoms with E-state index in [1.54, 1.807) is 0 Å². The zero-order chi connectivity index (χ0) is 14.8. The van der Waals surface area contributed by atoms with E-state index >= 15 is 0 Å². The molecule has 1 aromatic rings. The summed E-state index contributed by atoms with van der Waals surface area (Å²) < 4.78 is 7.53. The molecule has 1 heterocycles. The van der Waals surface area contributed by atoms with E-state index < -0.39 is 0 Å². The molecule has 5 heteroatoms. The Morgan fingerprint density at radius 1 is 1.35 bits per heavy atom. The summed E-state index contributed by atoms with van der Waals surface area (Å²) in [5, 5.41) is 11.6. The summed E-state index contributed by atoms with van der Waals surface area (Å²) in [5.74, 6) is 1.30. The molecule has 0 fully saturated rings. The van der Waals surface area contributed by atoms with Crippen LogP contribution in [0.5, 0.6) is 0 Å². The van der Waals surface area contributed by atoms with Crippen molar-refractivity contribution in [1.29, 1.82) is 0 Å². The topological polar surface area (TPSA) is 52.0 Å². The molecule has 0 saturated heterocycles. The van der Waals surface area contributed by atoms with E-state index in [0.717, 1.165) is 31.9 Å². The monoisotopic (exact) mass is 282 g/mol. The first-order valence-electron chi connectivity index (χ1n) is 7.79. The SMILES string of the molecule is CCCC(C)COCCn1cc(CNCC(C)C)nn1. The van der Waals surface area contributed by atoms with Crippen LogP contribution < -0.4 is 5.32 Å². The molecule has 0 saturated carbocycles. The van der Waals surface area contributed by atoms with E-state index in [-0.39, 0.29) is 0 Å². The normalized spacial score (nSPS) is 13.1. The number of ether oxygens (including phenoxy) is 1. The van der Waals surface area contributed by atoms with Crippen LogP contribution in [0.3, 0.4) is 0 Å². The molecule has 0 amide bonds. The molecule has 0 aliphatic carbocycles. The summed E-state index contributed by atoms with van der Waals surface area (Å²) >= 11 is 0. The van der Waals surface area contributed by atoms with Crippen molar-refractivity contribution >= 4 is 0 Å². The summed E-state index contributed by atoms with van der Waals surface area (Å²) in [7, 11) is 0. The molecule has 1 aromatic heterocycles. The van der Waals surface area contributed by atoms with Gasteiger partial charge in [-0.05, 0) is 24.8 Å². The first-order chi connectivity index (χ1) is 9.61. The fourth-order valence-corrected chi connectivity index (χ4v) is 2.04. The highest BCUT2D eigenvalue weighted by atomic mass is 16.5. The van der Waals surface area contributed by atoms with Crippen molar-refractivity contribution in [2.75, 3.05) is 19.8 Å². The van der Waals surface area contributed by atoms with Crippen LogP contribution in [0.1, 0.15) is 46.2 Å². The van der Waals surface area contributed by atoms with Gasteiger partial charge in [0, 0.05) is 19.3 Å². The zero-order valence-corrected chi connectivity index (χ0v) is 13.4. The van der Waals surface area contributed by atoms with E-state index in [1.807, 2.05) is 10.9 Å². The van der Waals surface area contributed by atoms with Crippen LogP contribution in [-0.2, 0) is 17.8 Å². The van der Waals surface area contributed by atoms with Gasteiger partial charge in [0.2, 0.25) is 0 Å². The number of aromatic nitrogens is 3. The highest BCUT2D eigenvalue weighted by molar-refractivity contribution is 4.91. The molecular formula is C15H30N4O. The first-order valence-corrected chi connectivity index (χ1v) is 7.79. The number of rotatable bonds is 11. The molecule has 0 spiro atoms. The highest BCUT2D eigenvalue weighted by Crippen LogP contribution is 2.05. The molecule has 1 unspecified atom stereocenters. The van der Waals surface area contributed by atoms with Crippen LogP contribution in [0.25, 0.3) is 0 Å². The molecule has 1 rings (SSSR count). The van der Waals surface area contributed by atoms with Gasteiger partial charge in [0.15, 0.2) is 0 Å². The van der Waals surface area contributed by atoms with Gasteiger partial charge in [-0.15, -0.1) is 5.10 Å². The summed E-state index contributed by atoms with van der Waals surface area (Å²) in [4.78, 5) is 0. The van der Waals surface area contributed by atoms with Crippen molar-refractivity contribution < 1.29 is 4.74 Å². The molecule has 20 heavy (non-hydrogen) atoms. The van der Waals surface area contributed by atoms with Crippen molar-refractivity contribution in [3.8, 4) is 0 Å². The lowest BCUT2D eigenvalue weighted by molar-refractivity contribution is 0.0931. The lowest BCUT2D eigenvalue weighted by Crippen LogP contribution is -2.19. The predicted octanol–water partition coefficient (Wildman–Crippen LogP) is 2.48. The summed E-state index contributed by atoms with van der Waals surface area (Å²) in [6.07, 6.45) is 4.45. The third kappa shape index (κ3) is 7.60. The van der Waals surface area contributed by atoms with Crippen molar-refractivity contribution in [3.05, 3.63) is 11.9 Å². The summed E-state index contributed by atoms with van der Waals surface area (Å²) in [6.45, 7) is 12.9. The summed E-state index contributed by atoms with van der Waals surface area (Å²) in [5.41, 5.74) is 0.991. The Balaban J connectivity index is 2.14. The van der Waals surface area contributed by atoms with E-state index in [1.165, 1.54) is 12.8 Å². The zero-order valence-electron chi connectivity index (χ0n) is 13.4. The number of hydrogen-bond donors (Lipinski definition) is 1. The van der Waals surface area contributed by atoms with Crippen LogP contribution in [0.15, 0.2) is 6.20 Å². The molecule has 0 aliphatic heterocycles. The minimum atomic E-state index is 0.645. The Labute approximate surface area is 123 Å². The Kier molecular flexibility index (Phi) is 8.46. The van der Waals surface area contributed by atoms with E-state index in [4.69, 9.17) is 4.74 Å². The average Bonchev–Trinajstić information content (AvgIpc) is 2.82. The van der Waals surface area contributed by atoms with Gasteiger partial charge in [-0.3, -0.25) is 0 Å². The second-order valence-corrected chi connectivity index (χ2v) is 5.97. The van der Waals surface area contributed by atoms with Gasteiger partial charge in [0.25, 0.3) is 0 Å². The lowest BCUT2D eigenvalue weighted by Gasteiger charge is -2.10. The van der Waals surface area contributed by atoms with Gasteiger partial charge in [0.1, 0.15) is 0 Å². The van der Waals surface area contributed by atoms with Gasteiger partial charge >= 0.3 is 0 Å². The standard InChI is InChI=1S/C15H30N4O/c1-5-6-14(4)12-20-8-7-19-11-15(17-18-19)10-16-9-13(2)3/h11,13-14,16H,5-10,12H2,1-4H3. The Morgan fingerprint density at radius 2 is 2.15 bits per heavy atom. The molecule has 0 aliphatic rings. The molecule has 116 valence electrons. The fourth-order valence-electron chi connectivity index (χ4n) is 2.04. The van der Waals surface area contributed by atoms with Crippen LogP contribution >= 0.6 is 0 Å². The van der Waals surface area contributed by atoms with Crippen LogP contribution in [0.4, 0.5) is 0 Å². The molecule has 1 N–H and O–H groups in total. The van der Waals surface area contributed by atoms with Crippen molar-refractivity contribution in [2.24, 2.45) is 11.8 Å². The van der Waals surface area contributed by atoms with E-state index in [0.29, 0.717) is 18.4 Å². The largest absolute Gasteiger partial charge is 0.379 e. The molecule has 1 atom stereocenters. The van der Waals surface area contributed by atoms with E-state index in [9.17, 15) is 0 Å². The fraction of sp³-hybridized carbons (Fsp3) is 0.867. The van der Waals surface area contributed by atoms with Gasteiger partial charge in [-0.25, -0.2) is 4.68 Å². The maximum atomic E-state index is 5.67. The summed E-state index contributed by atoms with van der Waals surface area (Å²) in [6, 6.07) is 0. The van der Waals surface area contributed by atoms with Crippen LogP contribution in [0.2, 0.25) is 0 Å². The van der Waals surface area contributed by atoms with Crippen molar-refractivity contribution in [1.82, 2.24) is 20.3 Å². The maximum Gasteiger partial charge on any atom is 0.0964 e. The second kappa shape index (κ2) is 9.88. The van der Waals surface area contributed by atoms with Gasteiger partial charge in [-0.1, -0.05) is 39.3 Å². The van der Waals surface area contributed by atoms with Crippen LogP contribution in [0, 0.1) is 11.8 Å². The predicted molar refractivity (Wildman–Crippen MR) is 81.5 cm³/mol. The third-order valence-corrected chi connectivity index (χ3v) is 3.09. The number of hydrogen-bond acceptors (Lipinski definition) is 4. The maximum absolute atomic E-state index is 5.67. The Morgan fingerprint density at radius 3 is 2.85 bits per heavy atom. The third-order valence-electron chi connectivity index (χ3n) is 3.09. The minimum Gasteiger partial charge on any atom is -0.379 e. The van der Waals surface area contributed by atoms with Gasteiger partial charge in [-0.2, -0.15) is 0 Å². The number of nitrogens with zero attached hydrogens (tertiary/aromatic N) is 3. The smallest absolute Gasteiger partial charge is 0.0964 e. The first kappa shape index (κ1) is 17.1. The van der Waals surface area contributed by atoms with Crippen molar-refractivity contribution in [2.45, 2.75) is 53.6 Å². The Bertz CT molecular complexity index is 351. The molecular weight excluding hydrogens is 252 g/mol. The van der Waals surface area contributed by atoms with E-state index in [2.05, 4.69) is 43.3 Å². The lowest BCUT2D eigenvalue weighted by atomic mass is 10.1. The van der Waals surface area contributed by atoms with Gasteiger partial charge in [0.05, 0.1) is 18.8 Å². The highest BCUT2D eigenvalue weighted by Gasteiger charge is 2.03. The quantitative estimate of drug-likeness (QED) is 0.634. The number of nitrogens with one attached hydrogen (secondary N) is 1. The average molecular weight is 282 g/mol. The van der Waals surface area contributed by atoms with Crippen LogP contribution in [-0.4, -0.2) is 34.8 Å². The van der Waals surface area contributed by atoms with Crippen molar-refractivity contribution in [3.63, 3.8) is 0 Å². The Hall–Kier alpha value is -0.940. The minimum absolute atomic E-state index is 0.645.